The number of H-pyrrole nitrogens is 1. The van der Waals surface area contributed by atoms with Crippen molar-refractivity contribution in [1.29, 1.82) is 0 Å². The molecule has 0 unspecified atom stereocenters. The Balaban J connectivity index is 1.25. The van der Waals surface area contributed by atoms with E-state index in [1.165, 1.54) is 11.3 Å². The summed E-state index contributed by atoms with van der Waals surface area (Å²) in [5, 5.41) is 1.03. The molecule has 7 nitrogen and oxygen atoms in total. The zero-order chi connectivity index (χ0) is 22.0. The standard InChI is InChI=1S/C24H25N5O2S/c1-13-19-14(2)25-21(15-7-8-15)27-22(19)32-20(13)23(30)28-11-9-16(10-12-28)29-18-6-4-3-5-17(18)26-24(29)31/h3-6,15-16H,7-12H2,1-2H3,(H,26,31). The Bertz CT molecular complexity index is 1420. The molecule has 3 aromatic heterocycles. The molecule has 1 N–H and O–H groups in total. The second-order valence-corrected chi connectivity index (χ2v) is 10.0. The monoisotopic (exact) mass is 447 g/mol. The predicted molar refractivity (Wildman–Crippen MR) is 126 cm³/mol. The molecule has 0 spiro atoms. The molecule has 0 radical (unpaired) electrons. The van der Waals surface area contributed by atoms with Gasteiger partial charge in [0.1, 0.15) is 10.7 Å². The molecule has 1 aliphatic carbocycles. The molecule has 8 heteroatoms. The number of carbonyl (C=O) groups excluding carboxylic acids is 1. The van der Waals surface area contributed by atoms with Crippen molar-refractivity contribution in [1.82, 2.24) is 24.4 Å². The van der Waals surface area contributed by atoms with Gasteiger partial charge in [0.05, 0.1) is 21.6 Å². The molecular formula is C24H25N5O2S. The summed E-state index contributed by atoms with van der Waals surface area (Å²) in [4.78, 5) is 42.0. The fraction of sp³-hybridized carbons (Fsp3) is 0.417. The average Bonchev–Trinajstić information content (AvgIpc) is 3.51. The van der Waals surface area contributed by atoms with Crippen LogP contribution in [0.25, 0.3) is 21.3 Å². The molecule has 4 aromatic rings. The number of hydrogen-bond acceptors (Lipinski definition) is 5. The van der Waals surface area contributed by atoms with Crippen molar-refractivity contribution in [2.45, 2.75) is 51.5 Å². The maximum Gasteiger partial charge on any atom is 0.326 e. The number of nitrogens with one attached hydrogen (secondary N) is 1. The first-order chi connectivity index (χ1) is 15.5. The Hall–Kier alpha value is -3.00. The number of para-hydroxylation sites is 2. The first-order valence-electron chi connectivity index (χ1n) is 11.3. The van der Waals surface area contributed by atoms with Crippen LogP contribution in [-0.4, -0.2) is 43.4 Å². The van der Waals surface area contributed by atoms with Crippen LogP contribution in [0.1, 0.15) is 64.4 Å². The number of aromatic amines is 1. The van der Waals surface area contributed by atoms with Crippen LogP contribution in [0.2, 0.25) is 0 Å². The molecule has 32 heavy (non-hydrogen) atoms. The molecule has 2 fully saturated rings. The fourth-order valence-electron chi connectivity index (χ4n) is 5.00. The van der Waals surface area contributed by atoms with E-state index >= 15 is 0 Å². The lowest BCUT2D eigenvalue weighted by atomic mass is 10.0. The van der Waals surface area contributed by atoms with E-state index in [-0.39, 0.29) is 17.6 Å². The van der Waals surface area contributed by atoms with E-state index in [4.69, 9.17) is 9.97 Å². The number of carbonyl (C=O) groups is 1. The minimum absolute atomic E-state index is 0.0718. The van der Waals surface area contributed by atoms with Crippen LogP contribution in [0.4, 0.5) is 0 Å². The van der Waals surface area contributed by atoms with Gasteiger partial charge in [-0.15, -0.1) is 11.3 Å². The van der Waals surface area contributed by atoms with Crippen LogP contribution in [0, 0.1) is 13.8 Å². The number of amides is 1. The summed E-state index contributed by atoms with van der Waals surface area (Å²) in [5.41, 5.74) is 3.69. The van der Waals surface area contributed by atoms with Crippen molar-refractivity contribution in [2.24, 2.45) is 0 Å². The molecule has 1 aliphatic heterocycles. The molecule has 1 saturated heterocycles. The number of hydrogen-bond donors (Lipinski definition) is 1. The van der Waals surface area contributed by atoms with Crippen LogP contribution >= 0.6 is 11.3 Å². The molecule has 4 heterocycles. The third-order valence-corrected chi connectivity index (χ3v) is 8.04. The molecule has 0 bridgehead atoms. The first kappa shape index (κ1) is 19.7. The number of thiophene rings is 1. The normalized spacial score (nSPS) is 17.5. The number of rotatable bonds is 3. The van der Waals surface area contributed by atoms with Crippen molar-refractivity contribution >= 4 is 38.5 Å². The Labute approximate surface area is 189 Å². The van der Waals surface area contributed by atoms with E-state index in [1.807, 2.05) is 47.6 Å². The van der Waals surface area contributed by atoms with Crippen LogP contribution < -0.4 is 5.69 Å². The van der Waals surface area contributed by atoms with Gasteiger partial charge in [-0.05, 0) is 57.2 Å². The van der Waals surface area contributed by atoms with Gasteiger partial charge in [-0.2, -0.15) is 0 Å². The van der Waals surface area contributed by atoms with Gasteiger partial charge in [0, 0.05) is 30.4 Å². The SMILES string of the molecule is Cc1nc(C2CC2)nc2sc(C(=O)N3CCC(n4c(=O)[nH]c5ccccc54)CC3)c(C)c12. The molecular weight excluding hydrogens is 422 g/mol. The van der Waals surface area contributed by atoms with Crippen LogP contribution in [0.5, 0.6) is 0 Å². The summed E-state index contributed by atoms with van der Waals surface area (Å²) in [7, 11) is 0. The van der Waals surface area contributed by atoms with Gasteiger partial charge < -0.3 is 9.88 Å². The third-order valence-electron chi connectivity index (χ3n) is 6.87. The predicted octanol–water partition coefficient (Wildman–Crippen LogP) is 4.31. The molecule has 1 amide bonds. The fourth-order valence-corrected chi connectivity index (χ4v) is 6.20. The molecule has 2 aliphatic rings. The van der Waals surface area contributed by atoms with Gasteiger partial charge in [-0.1, -0.05) is 12.1 Å². The first-order valence-corrected chi connectivity index (χ1v) is 12.1. The van der Waals surface area contributed by atoms with Gasteiger partial charge in [0.2, 0.25) is 0 Å². The lowest BCUT2D eigenvalue weighted by Crippen LogP contribution is -2.40. The molecule has 1 aromatic carbocycles. The third kappa shape index (κ3) is 3.08. The Morgan fingerprint density at radius 1 is 1.09 bits per heavy atom. The second-order valence-electron chi connectivity index (χ2n) is 9.02. The van der Waals surface area contributed by atoms with Gasteiger partial charge in [-0.3, -0.25) is 9.36 Å². The van der Waals surface area contributed by atoms with Gasteiger partial charge in [-0.25, -0.2) is 14.8 Å². The maximum absolute atomic E-state index is 13.4. The lowest BCUT2D eigenvalue weighted by molar-refractivity contribution is 0.0699. The Morgan fingerprint density at radius 3 is 2.59 bits per heavy atom. The van der Waals surface area contributed by atoms with Crippen molar-refractivity contribution in [3.8, 4) is 0 Å². The smallest absolute Gasteiger partial charge is 0.326 e. The molecule has 1 saturated carbocycles. The zero-order valence-corrected chi connectivity index (χ0v) is 19.0. The van der Waals surface area contributed by atoms with Gasteiger partial charge in [0.15, 0.2) is 0 Å². The largest absolute Gasteiger partial charge is 0.338 e. The maximum atomic E-state index is 13.4. The quantitative estimate of drug-likeness (QED) is 0.507. The number of nitrogens with zero attached hydrogens (tertiary/aromatic N) is 4. The van der Waals surface area contributed by atoms with Crippen molar-refractivity contribution < 1.29 is 4.79 Å². The molecule has 164 valence electrons. The molecule has 0 atom stereocenters. The Kier molecular flexibility index (Phi) is 4.47. The van der Waals surface area contributed by atoms with Crippen molar-refractivity contribution in [3.05, 3.63) is 56.7 Å². The topological polar surface area (TPSA) is 83.9 Å². The molecule has 6 rings (SSSR count). The Morgan fingerprint density at radius 2 is 1.84 bits per heavy atom. The summed E-state index contributed by atoms with van der Waals surface area (Å²) < 4.78 is 1.86. The van der Waals surface area contributed by atoms with Crippen molar-refractivity contribution in [2.75, 3.05) is 13.1 Å². The van der Waals surface area contributed by atoms with Gasteiger partial charge in [0.25, 0.3) is 5.91 Å². The van der Waals surface area contributed by atoms with Crippen molar-refractivity contribution in [3.63, 3.8) is 0 Å². The summed E-state index contributed by atoms with van der Waals surface area (Å²) >= 11 is 1.50. The zero-order valence-electron chi connectivity index (χ0n) is 18.2. The number of benzene rings is 1. The number of likely N-dealkylation sites (tertiary alicyclic amines) is 1. The number of piperidine rings is 1. The minimum Gasteiger partial charge on any atom is -0.338 e. The van der Waals surface area contributed by atoms with Crippen LogP contribution in [0.15, 0.2) is 29.1 Å². The van der Waals surface area contributed by atoms with E-state index in [9.17, 15) is 9.59 Å². The number of fused-ring (bicyclic) bond motifs is 2. The summed E-state index contributed by atoms with van der Waals surface area (Å²) in [6, 6.07) is 7.88. The highest BCUT2D eigenvalue weighted by molar-refractivity contribution is 7.20. The number of aryl methyl sites for hydroxylation is 2. The van der Waals surface area contributed by atoms with Gasteiger partial charge >= 0.3 is 5.69 Å². The van der Waals surface area contributed by atoms with Crippen LogP contribution in [0.3, 0.4) is 0 Å². The van der Waals surface area contributed by atoms with Crippen LogP contribution in [-0.2, 0) is 0 Å². The van der Waals surface area contributed by atoms with E-state index in [1.54, 1.807) is 0 Å². The summed E-state index contributed by atoms with van der Waals surface area (Å²) in [6.07, 6.45) is 3.86. The summed E-state index contributed by atoms with van der Waals surface area (Å²) in [6.45, 7) is 5.31. The van der Waals surface area contributed by atoms with E-state index < -0.39 is 0 Å². The number of aromatic nitrogens is 4. The van der Waals surface area contributed by atoms with E-state index in [2.05, 4.69) is 4.98 Å². The highest BCUT2D eigenvalue weighted by atomic mass is 32.1. The van der Waals surface area contributed by atoms with E-state index in [0.717, 1.165) is 68.9 Å². The van der Waals surface area contributed by atoms with E-state index in [0.29, 0.717) is 19.0 Å². The average molecular weight is 448 g/mol. The highest BCUT2D eigenvalue weighted by Crippen LogP contribution is 2.40. The highest BCUT2D eigenvalue weighted by Gasteiger charge is 2.31. The minimum atomic E-state index is -0.0724. The second kappa shape index (κ2) is 7.27. The lowest BCUT2D eigenvalue weighted by Gasteiger charge is -2.32. The number of imidazole rings is 1. The summed E-state index contributed by atoms with van der Waals surface area (Å²) in [5.74, 6) is 1.49.